The Morgan fingerprint density at radius 1 is 1.43 bits per heavy atom. The monoisotopic (exact) mass is 200 g/mol. The second-order valence-electron chi connectivity index (χ2n) is 3.69. The van der Waals surface area contributed by atoms with Gasteiger partial charge in [0, 0.05) is 31.8 Å². The number of hydrogen-bond acceptors (Lipinski definition) is 3. The van der Waals surface area contributed by atoms with Crippen molar-refractivity contribution in [2.75, 3.05) is 26.7 Å². The standard InChI is InChI=1S/C9H16N2O3/c1-10-8(12)6-11-4-2-7(3-5-11)9(13)14/h7H,2-6H2,1H3,(H,10,12)(H,13,14). The van der Waals surface area contributed by atoms with Crippen molar-refractivity contribution >= 4 is 11.9 Å². The first kappa shape index (κ1) is 11.0. The van der Waals surface area contributed by atoms with Crippen molar-refractivity contribution in [1.82, 2.24) is 5.32 Å². The highest BCUT2D eigenvalue weighted by molar-refractivity contribution is 5.76. The number of aliphatic carboxylic acids is 1. The van der Waals surface area contributed by atoms with Gasteiger partial charge in [0.15, 0.2) is 6.54 Å². The van der Waals surface area contributed by atoms with E-state index < -0.39 is 5.97 Å². The zero-order valence-electron chi connectivity index (χ0n) is 8.34. The van der Waals surface area contributed by atoms with Gasteiger partial charge in [-0.1, -0.05) is 0 Å². The number of nitrogens with one attached hydrogen (secondary N) is 2. The second kappa shape index (κ2) is 4.95. The van der Waals surface area contributed by atoms with Crippen LogP contribution >= 0.6 is 0 Å². The zero-order chi connectivity index (χ0) is 10.6. The summed E-state index contributed by atoms with van der Waals surface area (Å²) in [5.41, 5.74) is 0. The predicted molar refractivity (Wildman–Crippen MR) is 47.4 cm³/mol. The normalized spacial score (nSPS) is 26.9. The molecule has 14 heavy (non-hydrogen) atoms. The maximum absolute atomic E-state index is 11.0. The number of carboxylic acids is 1. The number of piperidine rings is 1. The molecule has 2 N–H and O–H groups in total. The van der Waals surface area contributed by atoms with E-state index in [0.717, 1.165) is 18.0 Å². The minimum atomic E-state index is -0.955. The van der Waals surface area contributed by atoms with Crippen molar-refractivity contribution in [3.8, 4) is 0 Å². The first-order chi connectivity index (χ1) is 6.63. The molecule has 80 valence electrons. The van der Waals surface area contributed by atoms with Crippen LogP contribution in [0.15, 0.2) is 0 Å². The molecule has 1 aliphatic heterocycles. The highest BCUT2D eigenvalue weighted by Gasteiger charge is 2.23. The van der Waals surface area contributed by atoms with Gasteiger partial charge in [-0.05, 0) is 0 Å². The Morgan fingerprint density at radius 3 is 2.43 bits per heavy atom. The molecule has 0 aromatic rings. The molecule has 5 nitrogen and oxygen atoms in total. The van der Waals surface area contributed by atoms with Crippen LogP contribution in [0.1, 0.15) is 12.8 Å². The molecule has 0 radical (unpaired) electrons. The summed E-state index contributed by atoms with van der Waals surface area (Å²) >= 11 is 0. The minimum Gasteiger partial charge on any atom is -0.550 e. The van der Waals surface area contributed by atoms with Crippen LogP contribution < -0.4 is 15.3 Å². The van der Waals surface area contributed by atoms with E-state index in [4.69, 9.17) is 0 Å². The van der Waals surface area contributed by atoms with Gasteiger partial charge in [-0.3, -0.25) is 4.79 Å². The molecule has 1 amide bonds. The molecule has 0 saturated carbocycles. The van der Waals surface area contributed by atoms with Gasteiger partial charge in [0.2, 0.25) is 0 Å². The number of quaternary nitrogens is 1. The number of likely N-dealkylation sites (N-methyl/N-ethyl adjacent to an activating group) is 1. The number of rotatable bonds is 3. The van der Waals surface area contributed by atoms with Crippen molar-refractivity contribution in [1.29, 1.82) is 0 Å². The topological polar surface area (TPSA) is 73.7 Å². The van der Waals surface area contributed by atoms with Crippen LogP contribution in [-0.4, -0.2) is 38.6 Å². The molecule has 0 spiro atoms. The molecule has 5 heteroatoms. The fourth-order valence-corrected chi connectivity index (χ4v) is 1.75. The Labute approximate surface area is 83.1 Å². The number of carbonyl (C=O) groups excluding carboxylic acids is 2. The first-order valence-electron chi connectivity index (χ1n) is 4.88. The highest BCUT2D eigenvalue weighted by Crippen LogP contribution is 2.07. The third-order valence-corrected chi connectivity index (χ3v) is 2.72. The van der Waals surface area contributed by atoms with E-state index in [2.05, 4.69) is 5.32 Å². The Morgan fingerprint density at radius 2 is 2.00 bits per heavy atom. The average molecular weight is 200 g/mol. The summed E-state index contributed by atoms with van der Waals surface area (Å²) < 4.78 is 0. The lowest BCUT2D eigenvalue weighted by Gasteiger charge is -2.29. The van der Waals surface area contributed by atoms with E-state index >= 15 is 0 Å². The Balaban J connectivity index is 2.29. The third kappa shape index (κ3) is 2.99. The molecule has 0 bridgehead atoms. The fraction of sp³-hybridized carbons (Fsp3) is 0.778. The molecule has 1 heterocycles. The average Bonchev–Trinajstić information content (AvgIpc) is 2.18. The quantitative estimate of drug-likeness (QED) is 0.503. The molecule has 1 saturated heterocycles. The van der Waals surface area contributed by atoms with E-state index in [1.165, 1.54) is 0 Å². The summed E-state index contributed by atoms with van der Waals surface area (Å²) in [5, 5.41) is 13.1. The third-order valence-electron chi connectivity index (χ3n) is 2.72. The molecule has 1 rings (SSSR count). The van der Waals surface area contributed by atoms with Gasteiger partial charge in [0.25, 0.3) is 5.91 Å². The van der Waals surface area contributed by atoms with Crippen molar-refractivity contribution in [3.63, 3.8) is 0 Å². The number of carbonyl (C=O) groups is 2. The Kier molecular flexibility index (Phi) is 3.88. The molecule has 0 unspecified atom stereocenters. The Hall–Kier alpha value is -1.10. The number of amides is 1. The summed E-state index contributed by atoms with van der Waals surface area (Å²) in [7, 11) is 1.61. The van der Waals surface area contributed by atoms with E-state index in [1.807, 2.05) is 0 Å². The van der Waals surface area contributed by atoms with Gasteiger partial charge in [-0.25, -0.2) is 0 Å². The van der Waals surface area contributed by atoms with Gasteiger partial charge < -0.3 is 20.1 Å². The van der Waals surface area contributed by atoms with Gasteiger partial charge >= 0.3 is 0 Å². The predicted octanol–water partition coefficient (Wildman–Crippen LogP) is -3.22. The summed E-state index contributed by atoms with van der Waals surface area (Å²) in [4.78, 5) is 22.7. The summed E-state index contributed by atoms with van der Waals surface area (Å²) in [5.74, 6) is -1.26. The van der Waals surface area contributed by atoms with Crippen molar-refractivity contribution < 1.29 is 19.6 Å². The van der Waals surface area contributed by atoms with Crippen molar-refractivity contribution in [2.45, 2.75) is 12.8 Å². The number of carboxylic acid groups (broad SMARTS) is 1. The smallest absolute Gasteiger partial charge is 0.274 e. The summed E-state index contributed by atoms with van der Waals surface area (Å²) in [6.07, 6.45) is 1.24. The van der Waals surface area contributed by atoms with Gasteiger partial charge in [0.05, 0.1) is 13.1 Å². The van der Waals surface area contributed by atoms with Gasteiger partial charge in [0.1, 0.15) is 0 Å². The molecule has 0 aromatic heterocycles. The summed E-state index contributed by atoms with van der Waals surface area (Å²) in [6.45, 7) is 1.93. The largest absolute Gasteiger partial charge is 0.550 e. The van der Waals surface area contributed by atoms with Gasteiger partial charge in [-0.15, -0.1) is 0 Å². The molecule has 1 fully saturated rings. The van der Waals surface area contributed by atoms with E-state index in [1.54, 1.807) is 7.05 Å². The van der Waals surface area contributed by atoms with Crippen molar-refractivity contribution in [2.24, 2.45) is 5.92 Å². The lowest BCUT2D eigenvalue weighted by atomic mass is 9.97. The van der Waals surface area contributed by atoms with Crippen molar-refractivity contribution in [3.05, 3.63) is 0 Å². The number of hydrogen-bond donors (Lipinski definition) is 2. The van der Waals surface area contributed by atoms with Crippen LogP contribution in [0.25, 0.3) is 0 Å². The Bertz CT molecular complexity index is 222. The van der Waals surface area contributed by atoms with Crippen LogP contribution in [0.5, 0.6) is 0 Å². The number of likely N-dealkylation sites (tertiary alicyclic amines) is 1. The molecule has 1 aliphatic rings. The molecular weight excluding hydrogens is 184 g/mol. The minimum absolute atomic E-state index is 0.00639. The van der Waals surface area contributed by atoms with Crippen LogP contribution in [0, 0.1) is 5.92 Å². The van der Waals surface area contributed by atoms with Gasteiger partial charge in [-0.2, -0.15) is 0 Å². The second-order valence-corrected chi connectivity index (χ2v) is 3.69. The van der Waals surface area contributed by atoms with E-state index in [9.17, 15) is 14.7 Å². The lowest BCUT2D eigenvalue weighted by molar-refractivity contribution is -0.897. The van der Waals surface area contributed by atoms with Crippen LogP contribution in [0.2, 0.25) is 0 Å². The maximum Gasteiger partial charge on any atom is 0.274 e. The highest BCUT2D eigenvalue weighted by atomic mass is 16.4. The molecule has 0 aromatic carbocycles. The molecular formula is C9H16N2O3. The van der Waals surface area contributed by atoms with Crippen LogP contribution in [0.3, 0.4) is 0 Å². The molecule has 0 atom stereocenters. The maximum atomic E-state index is 11.0. The summed E-state index contributed by atoms with van der Waals surface area (Å²) in [6, 6.07) is 0. The lowest BCUT2D eigenvalue weighted by Crippen LogP contribution is -3.14. The molecule has 0 aliphatic carbocycles. The SMILES string of the molecule is CNC(=O)C[NH+]1CCC(C(=O)[O-])CC1. The van der Waals surface area contributed by atoms with E-state index in [-0.39, 0.29) is 11.8 Å². The fourth-order valence-electron chi connectivity index (χ4n) is 1.75. The zero-order valence-corrected chi connectivity index (χ0v) is 8.34. The van der Waals surface area contributed by atoms with Crippen LogP contribution in [0.4, 0.5) is 0 Å². The first-order valence-corrected chi connectivity index (χ1v) is 4.88. The van der Waals surface area contributed by atoms with Crippen LogP contribution in [-0.2, 0) is 9.59 Å². The van der Waals surface area contributed by atoms with E-state index in [0.29, 0.717) is 19.4 Å².